The highest BCUT2D eigenvalue weighted by molar-refractivity contribution is 7.16. The van der Waals surface area contributed by atoms with Crippen LogP contribution in [-0.2, 0) is 12.8 Å². The standard InChI is InChI=1S/C18H19N3S/c1-21(2)14-9-7-13(8-10-14)12-20-18-16(11-19)15-5-3-4-6-17(15)22-18/h7-10,12H,3-6H2,1-2H3. The molecule has 3 rings (SSSR count). The monoisotopic (exact) mass is 309 g/mol. The highest BCUT2D eigenvalue weighted by Crippen LogP contribution is 2.39. The van der Waals surface area contributed by atoms with Crippen LogP contribution in [0.2, 0.25) is 0 Å². The lowest BCUT2D eigenvalue weighted by Crippen LogP contribution is -2.08. The van der Waals surface area contributed by atoms with Crippen LogP contribution in [0, 0.1) is 11.3 Å². The number of aryl methyl sites for hydroxylation is 1. The Morgan fingerprint density at radius 1 is 1.18 bits per heavy atom. The maximum Gasteiger partial charge on any atom is 0.134 e. The molecule has 0 N–H and O–H groups in total. The van der Waals surface area contributed by atoms with Gasteiger partial charge < -0.3 is 4.90 Å². The summed E-state index contributed by atoms with van der Waals surface area (Å²) in [6, 6.07) is 10.6. The third-order valence-corrected chi connectivity index (χ3v) is 5.20. The van der Waals surface area contributed by atoms with Crippen LogP contribution in [0.25, 0.3) is 0 Å². The normalized spacial score (nSPS) is 13.9. The van der Waals surface area contributed by atoms with E-state index < -0.39 is 0 Å². The van der Waals surface area contributed by atoms with Gasteiger partial charge in [-0.05, 0) is 48.9 Å². The quantitative estimate of drug-likeness (QED) is 0.792. The van der Waals surface area contributed by atoms with E-state index in [9.17, 15) is 5.26 Å². The maximum absolute atomic E-state index is 9.44. The Labute approximate surface area is 135 Å². The van der Waals surface area contributed by atoms with Crippen molar-refractivity contribution in [3.8, 4) is 6.07 Å². The Morgan fingerprint density at radius 3 is 2.59 bits per heavy atom. The van der Waals surface area contributed by atoms with Gasteiger partial charge in [0.25, 0.3) is 0 Å². The molecule has 0 saturated carbocycles. The Bertz CT molecular complexity index is 733. The first kappa shape index (κ1) is 14.8. The lowest BCUT2D eigenvalue weighted by molar-refractivity contribution is 0.696. The minimum absolute atomic E-state index is 0.792. The molecule has 0 unspecified atom stereocenters. The molecule has 1 aromatic carbocycles. The van der Waals surface area contributed by atoms with Crippen molar-refractivity contribution in [2.75, 3.05) is 19.0 Å². The van der Waals surface area contributed by atoms with Crippen LogP contribution in [0.4, 0.5) is 10.7 Å². The number of nitrogens with zero attached hydrogens (tertiary/aromatic N) is 3. The fraction of sp³-hybridized carbons (Fsp3) is 0.333. The van der Waals surface area contributed by atoms with Crippen LogP contribution in [-0.4, -0.2) is 20.3 Å². The van der Waals surface area contributed by atoms with E-state index >= 15 is 0 Å². The Kier molecular flexibility index (Phi) is 4.26. The zero-order chi connectivity index (χ0) is 15.5. The van der Waals surface area contributed by atoms with Crippen molar-refractivity contribution in [3.05, 3.63) is 45.8 Å². The van der Waals surface area contributed by atoms with Crippen LogP contribution >= 0.6 is 11.3 Å². The zero-order valence-electron chi connectivity index (χ0n) is 13.0. The van der Waals surface area contributed by atoms with Crippen molar-refractivity contribution in [1.29, 1.82) is 5.26 Å². The smallest absolute Gasteiger partial charge is 0.134 e. The predicted octanol–water partition coefficient (Wildman–Crippen LogP) is 4.32. The molecule has 1 aromatic heterocycles. The molecule has 0 aliphatic heterocycles. The Hall–Kier alpha value is -2.12. The van der Waals surface area contributed by atoms with Crippen LogP contribution in [0.1, 0.15) is 34.4 Å². The minimum Gasteiger partial charge on any atom is -0.378 e. The van der Waals surface area contributed by atoms with Crippen molar-refractivity contribution in [2.24, 2.45) is 4.99 Å². The topological polar surface area (TPSA) is 39.4 Å². The number of nitriles is 1. The SMILES string of the molecule is CN(C)c1ccc(C=Nc2sc3c(c2C#N)CCCC3)cc1. The summed E-state index contributed by atoms with van der Waals surface area (Å²) in [5.74, 6) is 0. The molecule has 4 heteroatoms. The average molecular weight is 309 g/mol. The average Bonchev–Trinajstić information content (AvgIpc) is 2.90. The number of benzene rings is 1. The van der Waals surface area contributed by atoms with Crippen molar-refractivity contribution in [3.63, 3.8) is 0 Å². The van der Waals surface area contributed by atoms with Gasteiger partial charge in [0.2, 0.25) is 0 Å². The molecule has 112 valence electrons. The van der Waals surface area contributed by atoms with E-state index in [1.807, 2.05) is 20.3 Å². The van der Waals surface area contributed by atoms with Crippen molar-refractivity contribution in [1.82, 2.24) is 0 Å². The van der Waals surface area contributed by atoms with E-state index in [0.717, 1.165) is 29.0 Å². The zero-order valence-corrected chi connectivity index (χ0v) is 13.8. The second-order valence-electron chi connectivity index (χ2n) is 5.75. The predicted molar refractivity (Wildman–Crippen MR) is 93.7 cm³/mol. The number of hydrogen-bond donors (Lipinski definition) is 0. The molecule has 1 heterocycles. The van der Waals surface area contributed by atoms with Crippen LogP contribution < -0.4 is 4.90 Å². The minimum atomic E-state index is 0.792. The number of fused-ring (bicyclic) bond motifs is 1. The molecule has 0 saturated heterocycles. The first-order valence-corrected chi connectivity index (χ1v) is 8.37. The molecule has 2 aromatic rings. The summed E-state index contributed by atoms with van der Waals surface area (Å²) in [7, 11) is 4.05. The number of rotatable bonds is 3. The van der Waals surface area contributed by atoms with E-state index in [0.29, 0.717) is 0 Å². The molecule has 0 atom stereocenters. The molecule has 1 aliphatic rings. The summed E-state index contributed by atoms with van der Waals surface area (Å²) >= 11 is 1.69. The van der Waals surface area contributed by atoms with Crippen molar-refractivity contribution >= 4 is 28.2 Å². The van der Waals surface area contributed by atoms with Gasteiger partial charge in [-0.15, -0.1) is 11.3 Å². The summed E-state index contributed by atoms with van der Waals surface area (Å²) in [5.41, 5.74) is 4.26. The largest absolute Gasteiger partial charge is 0.378 e. The van der Waals surface area contributed by atoms with Gasteiger partial charge in [0, 0.05) is 30.9 Å². The lowest BCUT2D eigenvalue weighted by Gasteiger charge is -2.11. The number of aliphatic imine (C=N–C) groups is 1. The number of thiophene rings is 1. The van der Waals surface area contributed by atoms with Crippen LogP contribution in [0.3, 0.4) is 0 Å². The molecule has 0 bridgehead atoms. The van der Waals surface area contributed by atoms with E-state index in [1.165, 1.54) is 29.0 Å². The van der Waals surface area contributed by atoms with Crippen LogP contribution in [0.15, 0.2) is 29.3 Å². The van der Waals surface area contributed by atoms with Gasteiger partial charge in [-0.25, -0.2) is 4.99 Å². The molecular formula is C18H19N3S. The van der Waals surface area contributed by atoms with E-state index in [4.69, 9.17) is 0 Å². The van der Waals surface area contributed by atoms with Gasteiger partial charge in [0.15, 0.2) is 0 Å². The van der Waals surface area contributed by atoms with Crippen LogP contribution in [0.5, 0.6) is 0 Å². The van der Waals surface area contributed by atoms with E-state index in [-0.39, 0.29) is 0 Å². The Morgan fingerprint density at radius 2 is 1.91 bits per heavy atom. The molecule has 0 fully saturated rings. The highest BCUT2D eigenvalue weighted by Gasteiger charge is 2.19. The summed E-state index contributed by atoms with van der Waals surface area (Å²) in [5, 5.41) is 10.3. The van der Waals surface area contributed by atoms with E-state index in [2.05, 4.69) is 40.2 Å². The summed E-state index contributed by atoms with van der Waals surface area (Å²) in [6.45, 7) is 0. The number of anilines is 1. The van der Waals surface area contributed by atoms with E-state index in [1.54, 1.807) is 11.3 Å². The molecule has 0 spiro atoms. The van der Waals surface area contributed by atoms with Gasteiger partial charge in [-0.3, -0.25) is 0 Å². The summed E-state index contributed by atoms with van der Waals surface area (Å²) in [4.78, 5) is 8.01. The third-order valence-electron chi connectivity index (χ3n) is 4.00. The first-order valence-electron chi connectivity index (χ1n) is 7.55. The van der Waals surface area contributed by atoms with Gasteiger partial charge in [-0.2, -0.15) is 5.26 Å². The molecule has 1 aliphatic carbocycles. The van der Waals surface area contributed by atoms with Crippen molar-refractivity contribution < 1.29 is 0 Å². The van der Waals surface area contributed by atoms with Gasteiger partial charge >= 0.3 is 0 Å². The van der Waals surface area contributed by atoms with Gasteiger partial charge in [0.05, 0.1) is 5.56 Å². The lowest BCUT2D eigenvalue weighted by atomic mass is 9.96. The molecule has 3 nitrogen and oxygen atoms in total. The Balaban J connectivity index is 1.86. The summed E-state index contributed by atoms with van der Waals surface area (Å²) < 4.78 is 0. The maximum atomic E-state index is 9.44. The fourth-order valence-corrected chi connectivity index (χ4v) is 3.93. The summed E-state index contributed by atoms with van der Waals surface area (Å²) in [6.07, 6.45) is 6.40. The highest BCUT2D eigenvalue weighted by atomic mass is 32.1. The second kappa shape index (κ2) is 6.33. The van der Waals surface area contributed by atoms with Crippen molar-refractivity contribution in [2.45, 2.75) is 25.7 Å². The fourth-order valence-electron chi connectivity index (χ4n) is 2.75. The van der Waals surface area contributed by atoms with Gasteiger partial charge in [0.1, 0.15) is 11.1 Å². The third kappa shape index (κ3) is 2.90. The number of hydrogen-bond acceptors (Lipinski definition) is 4. The van der Waals surface area contributed by atoms with Gasteiger partial charge in [-0.1, -0.05) is 12.1 Å². The molecule has 22 heavy (non-hydrogen) atoms. The first-order chi connectivity index (χ1) is 10.7. The molecule has 0 radical (unpaired) electrons. The molecule has 0 amide bonds. The molecular weight excluding hydrogens is 290 g/mol. The second-order valence-corrected chi connectivity index (χ2v) is 6.83.